The van der Waals surface area contributed by atoms with Gasteiger partial charge in [-0.05, 0) is 0 Å². The van der Waals surface area contributed by atoms with Gasteiger partial charge in [0.15, 0.2) is 5.75 Å². The van der Waals surface area contributed by atoms with Gasteiger partial charge in [-0.1, -0.05) is 15.9 Å². The predicted octanol–water partition coefficient (Wildman–Crippen LogP) is 3.01. The van der Waals surface area contributed by atoms with Crippen LogP contribution in [0.15, 0.2) is 12.4 Å². The largest absolute Gasteiger partial charge is 0.573 e. The SMILES string of the molecule is Fc1cncc(OC(F)(F)F)c1CBr. The second kappa shape index (κ2) is 4.12. The van der Waals surface area contributed by atoms with Gasteiger partial charge in [0.05, 0.1) is 12.4 Å². The molecule has 0 saturated carbocycles. The Morgan fingerprint density at radius 2 is 2.00 bits per heavy atom. The second-order valence-corrected chi connectivity index (χ2v) is 2.84. The van der Waals surface area contributed by atoms with Gasteiger partial charge >= 0.3 is 6.36 Å². The summed E-state index contributed by atoms with van der Waals surface area (Å²) >= 11 is 2.85. The molecule has 0 N–H and O–H groups in total. The van der Waals surface area contributed by atoms with Crippen molar-refractivity contribution in [1.82, 2.24) is 4.98 Å². The standard InChI is InChI=1S/C7H4BrF4NO/c8-1-4-5(9)2-13-3-6(4)14-7(10,11)12/h2-3H,1H2. The maximum Gasteiger partial charge on any atom is 0.573 e. The lowest BCUT2D eigenvalue weighted by Crippen LogP contribution is -2.18. The molecule has 0 aliphatic rings. The van der Waals surface area contributed by atoms with E-state index in [1.807, 2.05) is 0 Å². The molecule has 0 saturated heterocycles. The van der Waals surface area contributed by atoms with Gasteiger partial charge in [-0.3, -0.25) is 4.98 Å². The number of rotatable bonds is 2. The van der Waals surface area contributed by atoms with Gasteiger partial charge in [-0.25, -0.2) is 4.39 Å². The summed E-state index contributed by atoms with van der Waals surface area (Å²) in [5, 5.41) is -0.0766. The molecule has 1 aromatic heterocycles. The molecule has 1 heterocycles. The highest BCUT2D eigenvalue weighted by molar-refractivity contribution is 9.08. The predicted molar refractivity (Wildman–Crippen MR) is 43.5 cm³/mol. The molecule has 0 aliphatic carbocycles. The van der Waals surface area contributed by atoms with E-state index in [0.29, 0.717) is 0 Å². The molecular formula is C7H4BrF4NO. The summed E-state index contributed by atoms with van der Waals surface area (Å²) in [4.78, 5) is 3.26. The molecule has 1 aromatic rings. The zero-order valence-electron chi connectivity index (χ0n) is 6.61. The molecule has 0 atom stereocenters. The summed E-state index contributed by atoms with van der Waals surface area (Å²) in [7, 11) is 0. The van der Waals surface area contributed by atoms with E-state index in [1.54, 1.807) is 0 Å². The monoisotopic (exact) mass is 273 g/mol. The van der Waals surface area contributed by atoms with Crippen LogP contribution < -0.4 is 4.74 Å². The van der Waals surface area contributed by atoms with E-state index in [9.17, 15) is 17.6 Å². The molecule has 0 spiro atoms. The smallest absolute Gasteiger partial charge is 0.404 e. The Bertz CT molecular complexity index is 328. The Morgan fingerprint density at radius 3 is 2.50 bits per heavy atom. The van der Waals surface area contributed by atoms with Crippen LogP contribution in [0.5, 0.6) is 5.75 Å². The molecular weight excluding hydrogens is 270 g/mol. The minimum Gasteiger partial charge on any atom is -0.404 e. The fourth-order valence-electron chi connectivity index (χ4n) is 0.786. The van der Waals surface area contributed by atoms with E-state index in [0.717, 1.165) is 12.4 Å². The summed E-state index contributed by atoms with van der Waals surface area (Å²) in [6.45, 7) is 0. The molecule has 7 heteroatoms. The number of alkyl halides is 4. The zero-order chi connectivity index (χ0) is 10.8. The van der Waals surface area contributed by atoms with Gasteiger partial charge in [0, 0.05) is 10.9 Å². The minimum absolute atomic E-state index is 0.0766. The molecule has 14 heavy (non-hydrogen) atoms. The third-order valence-electron chi connectivity index (χ3n) is 1.32. The molecule has 0 aliphatic heterocycles. The van der Waals surface area contributed by atoms with Crippen molar-refractivity contribution in [1.29, 1.82) is 0 Å². The third-order valence-corrected chi connectivity index (χ3v) is 1.89. The van der Waals surface area contributed by atoms with E-state index in [-0.39, 0.29) is 10.9 Å². The Hall–Kier alpha value is -0.850. The summed E-state index contributed by atoms with van der Waals surface area (Å²) in [5.74, 6) is -1.47. The van der Waals surface area contributed by atoms with Gasteiger partial charge < -0.3 is 4.74 Å². The lowest BCUT2D eigenvalue weighted by molar-refractivity contribution is -0.275. The number of nitrogens with zero attached hydrogens (tertiary/aromatic N) is 1. The van der Waals surface area contributed by atoms with Crippen LogP contribution in [0.3, 0.4) is 0 Å². The van der Waals surface area contributed by atoms with Gasteiger partial charge in [0.2, 0.25) is 0 Å². The van der Waals surface area contributed by atoms with Gasteiger partial charge in [0.25, 0.3) is 0 Å². The second-order valence-electron chi connectivity index (χ2n) is 2.28. The minimum atomic E-state index is -4.84. The highest BCUT2D eigenvalue weighted by atomic mass is 79.9. The van der Waals surface area contributed by atoms with Gasteiger partial charge in [-0.2, -0.15) is 0 Å². The normalized spacial score (nSPS) is 11.5. The fraction of sp³-hybridized carbons (Fsp3) is 0.286. The fourth-order valence-corrected chi connectivity index (χ4v) is 1.33. The van der Waals surface area contributed by atoms with E-state index in [2.05, 4.69) is 25.7 Å². The molecule has 0 bridgehead atoms. The average Bonchev–Trinajstić information content (AvgIpc) is 2.01. The third kappa shape index (κ3) is 2.83. The number of aromatic nitrogens is 1. The van der Waals surface area contributed by atoms with Crippen molar-refractivity contribution in [3.63, 3.8) is 0 Å². The number of ether oxygens (including phenoxy) is 1. The van der Waals surface area contributed by atoms with E-state index >= 15 is 0 Å². The van der Waals surface area contributed by atoms with E-state index in [4.69, 9.17) is 0 Å². The number of pyridine rings is 1. The Balaban J connectivity index is 3.02. The number of hydrogen-bond acceptors (Lipinski definition) is 2. The summed E-state index contributed by atoms with van der Waals surface area (Å²) < 4.78 is 51.9. The van der Waals surface area contributed by atoms with Crippen LogP contribution in [0.4, 0.5) is 17.6 Å². The van der Waals surface area contributed by atoms with Crippen LogP contribution in [0, 0.1) is 5.82 Å². The number of halogens is 5. The molecule has 2 nitrogen and oxygen atoms in total. The first kappa shape index (κ1) is 11.2. The first-order valence-corrected chi connectivity index (χ1v) is 4.50. The zero-order valence-corrected chi connectivity index (χ0v) is 8.19. The quantitative estimate of drug-likeness (QED) is 0.611. The van der Waals surface area contributed by atoms with Crippen molar-refractivity contribution < 1.29 is 22.3 Å². The van der Waals surface area contributed by atoms with Crippen molar-refractivity contribution in [2.24, 2.45) is 0 Å². The first-order chi connectivity index (χ1) is 6.44. The van der Waals surface area contributed by atoms with Gasteiger partial charge in [-0.15, -0.1) is 13.2 Å². The Labute approximate surface area is 85.0 Å². The molecule has 78 valence electrons. The van der Waals surface area contributed by atoms with Crippen molar-refractivity contribution >= 4 is 15.9 Å². The van der Waals surface area contributed by atoms with E-state index < -0.39 is 17.9 Å². The maximum atomic E-state index is 12.9. The molecule has 0 aromatic carbocycles. The van der Waals surface area contributed by atoms with Crippen molar-refractivity contribution in [2.75, 3.05) is 0 Å². The molecule has 1 rings (SSSR count). The lowest BCUT2D eigenvalue weighted by atomic mass is 10.3. The first-order valence-electron chi connectivity index (χ1n) is 3.38. The Kier molecular flexibility index (Phi) is 3.30. The van der Waals surface area contributed by atoms with Crippen LogP contribution in [-0.4, -0.2) is 11.3 Å². The molecule has 0 radical (unpaired) electrons. The van der Waals surface area contributed by atoms with Crippen LogP contribution in [0.25, 0.3) is 0 Å². The lowest BCUT2D eigenvalue weighted by Gasteiger charge is -2.11. The Morgan fingerprint density at radius 1 is 1.36 bits per heavy atom. The summed E-state index contributed by atoms with van der Waals surface area (Å²) in [6.07, 6.45) is -3.21. The van der Waals surface area contributed by atoms with Crippen LogP contribution >= 0.6 is 15.9 Å². The van der Waals surface area contributed by atoms with E-state index in [1.165, 1.54) is 0 Å². The van der Waals surface area contributed by atoms with Crippen molar-refractivity contribution in [3.8, 4) is 5.75 Å². The van der Waals surface area contributed by atoms with Crippen LogP contribution in [0.1, 0.15) is 5.56 Å². The maximum absolute atomic E-state index is 12.9. The highest BCUT2D eigenvalue weighted by Gasteiger charge is 2.32. The average molecular weight is 274 g/mol. The highest BCUT2D eigenvalue weighted by Crippen LogP contribution is 2.28. The van der Waals surface area contributed by atoms with Crippen LogP contribution in [0.2, 0.25) is 0 Å². The summed E-state index contributed by atoms with van der Waals surface area (Å²) in [5.41, 5.74) is -0.211. The van der Waals surface area contributed by atoms with Crippen molar-refractivity contribution in [2.45, 2.75) is 11.7 Å². The van der Waals surface area contributed by atoms with Crippen molar-refractivity contribution in [3.05, 3.63) is 23.8 Å². The molecule has 0 fully saturated rings. The summed E-state index contributed by atoms with van der Waals surface area (Å²) in [6, 6.07) is 0. The molecule has 0 amide bonds. The van der Waals surface area contributed by atoms with Crippen LogP contribution in [-0.2, 0) is 5.33 Å². The number of hydrogen-bond donors (Lipinski definition) is 0. The topological polar surface area (TPSA) is 22.1 Å². The molecule has 0 unspecified atom stereocenters. The van der Waals surface area contributed by atoms with Gasteiger partial charge in [0.1, 0.15) is 5.82 Å².